The minimum absolute atomic E-state index is 0.109. The van der Waals surface area contributed by atoms with Crippen molar-refractivity contribution in [2.45, 2.75) is 11.1 Å². The van der Waals surface area contributed by atoms with Crippen LogP contribution in [0.1, 0.15) is 15.9 Å². The number of halogens is 3. The van der Waals surface area contributed by atoms with Crippen LogP contribution in [0.5, 0.6) is 0 Å². The first-order valence-electron chi connectivity index (χ1n) is 3.85. The van der Waals surface area contributed by atoms with Gasteiger partial charge in [-0.3, -0.25) is 0 Å². The number of rotatable bonds is 2. The summed E-state index contributed by atoms with van der Waals surface area (Å²) in [6, 6.07) is 3.31. The smallest absolute Gasteiger partial charge is 0.417 e. The normalized spacial score (nSPS) is 11.5. The van der Waals surface area contributed by atoms with E-state index in [4.69, 9.17) is 5.11 Å². The van der Waals surface area contributed by atoms with Crippen LogP contribution in [-0.2, 0) is 6.18 Å². The van der Waals surface area contributed by atoms with E-state index in [2.05, 4.69) is 0 Å². The highest BCUT2D eigenvalue weighted by atomic mass is 32.2. The molecule has 2 nitrogen and oxygen atoms in total. The number of hydrogen-bond donors (Lipinski definition) is 1. The first-order chi connectivity index (χ1) is 6.88. The van der Waals surface area contributed by atoms with Crippen LogP contribution >= 0.6 is 11.8 Å². The average molecular weight is 236 g/mol. The summed E-state index contributed by atoms with van der Waals surface area (Å²) in [7, 11) is 0. The first kappa shape index (κ1) is 11.9. The lowest BCUT2D eigenvalue weighted by atomic mass is 10.1. The fourth-order valence-electron chi connectivity index (χ4n) is 1.16. The minimum atomic E-state index is -4.64. The molecular formula is C9H7F3O2S. The van der Waals surface area contributed by atoms with Gasteiger partial charge in [0.1, 0.15) is 0 Å². The lowest BCUT2D eigenvalue weighted by molar-refractivity contribution is -0.138. The maximum Gasteiger partial charge on any atom is 0.417 e. The quantitative estimate of drug-likeness (QED) is 0.801. The summed E-state index contributed by atoms with van der Waals surface area (Å²) < 4.78 is 37.4. The van der Waals surface area contributed by atoms with E-state index in [0.717, 1.165) is 17.8 Å². The highest BCUT2D eigenvalue weighted by Crippen LogP contribution is 2.35. The van der Waals surface area contributed by atoms with Crippen LogP contribution < -0.4 is 0 Å². The Morgan fingerprint density at radius 1 is 1.40 bits per heavy atom. The summed E-state index contributed by atoms with van der Waals surface area (Å²) in [5.74, 6) is -1.56. The van der Waals surface area contributed by atoms with E-state index >= 15 is 0 Å². The number of hydrogen-bond acceptors (Lipinski definition) is 2. The van der Waals surface area contributed by atoms with Gasteiger partial charge in [0, 0.05) is 4.90 Å². The lowest BCUT2D eigenvalue weighted by Crippen LogP contribution is -2.13. The van der Waals surface area contributed by atoms with E-state index in [1.54, 1.807) is 0 Å². The van der Waals surface area contributed by atoms with Crippen molar-refractivity contribution in [3.63, 3.8) is 0 Å². The fraction of sp³-hybridized carbons (Fsp3) is 0.222. The molecule has 0 saturated carbocycles. The van der Waals surface area contributed by atoms with Crippen LogP contribution in [0.4, 0.5) is 13.2 Å². The van der Waals surface area contributed by atoms with Gasteiger partial charge in [0.25, 0.3) is 0 Å². The second-order valence-corrected chi connectivity index (χ2v) is 3.53. The number of carboxylic acid groups (broad SMARTS) is 1. The molecule has 0 heterocycles. The van der Waals surface area contributed by atoms with E-state index in [1.165, 1.54) is 18.4 Å². The molecule has 0 saturated heterocycles. The van der Waals surface area contributed by atoms with Crippen molar-refractivity contribution in [1.82, 2.24) is 0 Å². The Morgan fingerprint density at radius 2 is 2.00 bits per heavy atom. The number of thioether (sulfide) groups is 1. The molecule has 1 N–H and O–H groups in total. The van der Waals surface area contributed by atoms with Gasteiger partial charge >= 0.3 is 12.1 Å². The van der Waals surface area contributed by atoms with E-state index in [0.29, 0.717) is 0 Å². The second kappa shape index (κ2) is 4.14. The van der Waals surface area contributed by atoms with Crippen LogP contribution in [0.25, 0.3) is 0 Å². The van der Waals surface area contributed by atoms with Gasteiger partial charge in [-0.1, -0.05) is 6.07 Å². The van der Waals surface area contributed by atoms with E-state index < -0.39 is 23.3 Å². The number of aromatic carboxylic acids is 1. The van der Waals surface area contributed by atoms with Crippen molar-refractivity contribution in [1.29, 1.82) is 0 Å². The Balaban J connectivity index is 3.46. The predicted molar refractivity (Wildman–Crippen MR) is 50.2 cm³/mol. The zero-order chi connectivity index (χ0) is 11.6. The molecule has 1 aromatic rings. The van der Waals surface area contributed by atoms with Gasteiger partial charge in [0.2, 0.25) is 0 Å². The molecule has 1 aromatic carbocycles. The summed E-state index contributed by atoms with van der Waals surface area (Å²) in [4.78, 5) is 10.8. The molecule has 0 aliphatic heterocycles. The molecule has 0 aliphatic rings. The van der Waals surface area contributed by atoms with Crippen molar-refractivity contribution in [3.8, 4) is 0 Å². The van der Waals surface area contributed by atoms with Gasteiger partial charge in [-0.15, -0.1) is 11.8 Å². The standard InChI is InChI=1S/C9H7F3O2S/c1-15-6-4-2-3-5(9(10,11)12)7(6)8(13)14/h2-4H,1H3,(H,13,14). The highest BCUT2D eigenvalue weighted by molar-refractivity contribution is 7.98. The Morgan fingerprint density at radius 3 is 2.40 bits per heavy atom. The molecule has 0 atom stereocenters. The Hall–Kier alpha value is -1.17. The van der Waals surface area contributed by atoms with Gasteiger partial charge in [-0.25, -0.2) is 4.79 Å². The molecule has 0 aliphatic carbocycles. The lowest BCUT2D eigenvalue weighted by Gasteiger charge is -2.12. The second-order valence-electron chi connectivity index (χ2n) is 2.69. The molecule has 82 valence electrons. The molecule has 6 heteroatoms. The van der Waals surface area contributed by atoms with Crippen molar-refractivity contribution < 1.29 is 23.1 Å². The van der Waals surface area contributed by atoms with Crippen LogP contribution in [0.3, 0.4) is 0 Å². The highest BCUT2D eigenvalue weighted by Gasteiger charge is 2.36. The van der Waals surface area contributed by atoms with E-state index in [9.17, 15) is 18.0 Å². The maximum absolute atomic E-state index is 12.5. The Bertz CT molecular complexity index is 387. The summed E-state index contributed by atoms with van der Waals surface area (Å²) in [6.07, 6.45) is -3.11. The monoisotopic (exact) mass is 236 g/mol. The Kier molecular flexibility index (Phi) is 3.28. The molecule has 15 heavy (non-hydrogen) atoms. The fourth-order valence-corrected chi connectivity index (χ4v) is 1.77. The summed E-state index contributed by atoms with van der Waals surface area (Å²) in [5, 5.41) is 8.73. The third-order valence-corrected chi connectivity index (χ3v) is 2.55. The average Bonchev–Trinajstić information content (AvgIpc) is 2.15. The van der Waals surface area contributed by atoms with Gasteiger partial charge in [0.05, 0.1) is 11.1 Å². The van der Waals surface area contributed by atoms with E-state index in [-0.39, 0.29) is 4.90 Å². The van der Waals surface area contributed by atoms with Gasteiger partial charge in [0.15, 0.2) is 0 Å². The molecule has 0 spiro atoms. The topological polar surface area (TPSA) is 37.3 Å². The van der Waals surface area contributed by atoms with Crippen LogP contribution in [0.2, 0.25) is 0 Å². The number of carbonyl (C=O) groups is 1. The summed E-state index contributed by atoms with van der Waals surface area (Å²) in [6.45, 7) is 0. The maximum atomic E-state index is 12.5. The summed E-state index contributed by atoms with van der Waals surface area (Å²) >= 11 is 0.973. The Labute approximate surface area is 88.1 Å². The molecule has 0 amide bonds. The zero-order valence-corrected chi connectivity index (χ0v) is 8.45. The third-order valence-electron chi connectivity index (χ3n) is 1.77. The van der Waals surface area contributed by atoms with Gasteiger partial charge in [-0.2, -0.15) is 13.2 Å². The minimum Gasteiger partial charge on any atom is -0.478 e. The molecule has 0 fully saturated rings. The van der Waals surface area contributed by atoms with Crippen molar-refractivity contribution in [2.75, 3.05) is 6.26 Å². The van der Waals surface area contributed by atoms with E-state index in [1.807, 2.05) is 0 Å². The summed E-state index contributed by atoms with van der Waals surface area (Å²) in [5.41, 5.74) is -1.79. The van der Waals surface area contributed by atoms with Gasteiger partial charge < -0.3 is 5.11 Å². The van der Waals surface area contributed by atoms with Crippen LogP contribution in [0, 0.1) is 0 Å². The molecule has 1 rings (SSSR count). The first-order valence-corrected chi connectivity index (χ1v) is 5.08. The van der Waals surface area contributed by atoms with Crippen LogP contribution in [0.15, 0.2) is 23.1 Å². The molecule has 0 unspecified atom stereocenters. The predicted octanol–water partition coefficient (Wildman–Crippen LogP) is 3.13. The largest absolute Gasteiger partial charge is 0.478 e. The van der Waals surface area contributed by atoms with Crippen molar-refractivity contribution in [3.05, 3.63) is 29.3 Å². The SMILES string of the molecule is CSc1cccc(C(F)(F)F)c1C(=O)O. The van der Waals surface area contributed by atoms with Gasteiger partial charge in [-0.05, 0) is 18.4 Å². The number of benzene rings is 1. The van der Waals surface area contributed by atoms with Crippen LogP contribution in [-0.4, -0.2) is 17.3 Å². The molecule has 0 bridgehead atoms. The molecule has 0 aromatic heterocycles. The zero-order valence-electron chi connectivity index (χ0n) is 7.63. The number of carboxylic acids is 1. The third kappa shape index (κ3) is 2.44. The number of alkyl halides is 3. The molecule has 0 radical (unpaired) electrons. The van der Waals surface area contributed by atoms with Crippen molar-refractivity contribution in [2.24, 2.45) is 0 Å². The molecular weight excluding hydrogens is 229 g/mol. The van der Waals surface area contributed by atoms with Crippen molar-refractivity contribution >= 4 is 17.7 Å².